The largest absolute Gasteiger partial charge is 0.310 e. The van der Waals surface area contributed by atoms with E-state index in [2.05, 4.69) is 5.32 Å². The van der Waals surface area contributed by atoms with Crippen LogP contribution in [0.1, 0.15) is 32.4 Å². The van der Waals surface area contributed by atoms with Crippen LogP contribution in [0.2, 0.25) is 0 Å². The van der Waals surface area contributed by atoms with Gasteiger partial charge in [0, 0.05) is 19.6 Å². The first-order valence-electron chi connectivity index (χ1n) is 7.02. The minimum Gasteiger partial charge on any atom is -0.310 e. The first-order valence-corrected chi connectivity index (χ1v) is 8.46. The number of sulfonamides is 1. The third-order valence-corrected chi connectivity index (χ3v) is 5.19. The molecule has 1 N–H and O–H groups in total. The van der Waals surface area contributed by atoms with Gasteiger partial charge in [0.25, 0.3) is 0 Å². The maximum Gasteiger partial charge on any atom is 0.242 e. The molecule has 1 aromatic carbocycles. The van der Waals surface area contributed by atoms with Gasteiger partial charge in [-0.15, -0.1) is 0 Å². The zero-order valence-corrected chi connectivity index (χ0v) is 13.8. The lowest BCUT2D eigenvalue weighted by atomic mass is 10.1. The van der Waals surface area contributed by atoms with Crippen LogP contribution in [0.5, 0.6) is 0 Å². The van der Waals surface area contributed by atoms with E-state index in [0.29, 0.717) is 0 Å². The molecular weight excluding hydrogens is 286 g/mol. The van der Waals surface area contributed by atoms with Crippen molar-refractivity contribution in [2.24, 2.45) is 5.92 Å². The summed E-state index contributed by atoms with van der Waals surface area (Å²) in [7, 11) is -2.04. The van der Waals surface area contributed by atoms with E-state index in [1.54, 1.807) is 19.1 Å². The lowest BCUT2D eigenvalue weighted by molar-refractivity contribution is 0.439. The lowest BCUT2D eigenvalue weighted by Crippen LogP contribution is -2.30. The molecule has 0 aliphatic rings. The molecule has 6 heteroatoms. The van der Waals surface area contributed by atoms with Crippen LogP contribution in [0.15, 0.2) is 29.2 Å². The van der Waals surface area contributed by atoms with Crippen LogP contribution in [-0.4, -0.2) is 32.9 Å². The number of nitrogens with one attached hydrogen (secondary N) is 1. The van der Waals surface area contributed by atoms with Gasteiger partial charge in [-0.2, -0.15) is 9.57 Å². The summed E-state index contributed by atoms with van der Waals surface area (Å²) in [6.45, 7) is 6.81. The third-order valence-electron chi connectivity index (χ3n) is 3.35. The molecule has 1 rings (SSSR count). The van der Waals surface area contributed by atoms with E-state index in [1.807, 2.05) is 32.0 Å². The van der Waals surface area contributed by atoms with Gasteiger partial charge in [0.2, 0.25) is 10.0 Å². The molecule has 0 heterocycles. The van der Waals surface area contributed by atoms with Crippen molar-refractivity contribution in [2.45, 2.75) is 31.7 Å². The molecule has 0 aromatic heterocycles. The highest BCUT2D eigenvalue weighted by atomic mass is 32.2. The molecule has 0 bridgehead atoms. The maximum atomic E-state index is 12.4. The minimum atomic E-state index is -3.54. The molecule has 0 fully saturated rings. The van der Waals surface area contributed by atoms with Gasteiger partial charge in [-0.05, 0) is 38.1 Å². The molecule has 2 atom stereocenters. The fourth-order valence-electron chi connectivity index (χ4n) is 2.06. The average molecular weight is 309 g/mol. The van der Waals surface area contributed by atoms with Crippen LogP contribution in [-0.2, 0) is 10.0 Å². The van der Waals surface area contributed by atoms with Gasteiger partial charge < -0.3 is 5.32 Å². The van der Waals surface area contributed by atoms with Crippen LogP contribution in [0.3, 0.4) is 0 Å². The van der Waals surface area contributed by atoms with Gasteiger partial charge in [-0.1, -0.05) is 19.1 Å². The van der Waals surface area contributed by atoms with E-state index in [1.165, 1.54) is 11.4 Å². The van der Waals surface area contributed by atoms with Crippen LogP contribution in [0.25, 0.3) is 0 Å². The summed E-state index contributed by atoms with van der Waals surface area (Å²) < 4.78 is 26.0. The lowest BCUT2D eigenvalue weighted by Gasteiger charge is -2.19. The topological polar surface area (TPSA) is 73.2 Å². The third kappa shape index (κ3) is 4.53. The summed E-state index contributed by atoms with van der Waals surface area (Å²) in [6, 6.07) is 9.10. The van der Waals surface area contributed by atoms with E-state index in [4.69, 9.17) is 5.26 Å². The first kappa shape index (κ1) is 17.6. The molecule has 0 saturated heterocycles. The second kappa shape index (κ2) is 7.55. The van der Waals surface area contributed by atoms with Crippen molar-refractivity contribution in [1.29, 1.82) is 5.26 Å². The van der Waals surface area contributed by atoms with Crippen LogP contribution >= 0.6 is 0 Å². The predicted molar refractivity (Wildman–Crippen MR) is 83.1 cm³/mol. The normalized spacial score (nSPS) is 14.7. The molecule has 2 unspecified atom stereocenters. The molecule has 0 spiro atoms. The summed E-state index contributed by atoms with van der Waals surface area (Å²) in [5.74, 6) is -0.335. The minimum absolute atomic E-state index is 0.183. The van der Waals surface area contributed by atoms with Crippen molar-refractivity contribution >= 4 is 10.0 Å². The second-order valence-electron chi connectivity index (χ2n) is 5.16. The van der Waals surface area contributed by atoms with Crippen LogP contribution < -0.4 is 5.32 Å². The Bertz CT molecular complexity index is 590. The van der Waals surface area contributed by atoms with Crippen molar-refractivity contribution in [1.82, 2.24) is 9.62 Å². The predicted octanol–water partition coefficient (Wildman–Crippen LogP) is 2.14. The van der Waals surface area contributed by atoms with E-state index in [-0.39, 0.29) is 23.4 Å². The number of hydrogen-bond acceptors (Lipinski definition) is 4. The van der Waals surface area contributed by atoms with Crippen molar-refractivity contribution in [2.75, 3.05) is 20.1 Å². The summed E-state index contributed by atoms with van der Waals surface area (Å²) in [4.78, 5) is 0.252. The Morgan fingerprint density at radius 1 is 1.29 bits per heavy atom. The standard InChI is InChI=1S/C15H23N3O2S/c1-5-17-13(3)14-6-8-15(9-7-14)21(19,20)18(4)11-12(2)10-16/h6-9,12-13,17H,5,11H2,1-4H3. The highest BCUT2D eigenvalue weighted by Crippen LogP contribution is 2.19. The van der Waals surface area contributed by atoms with Crippen molar-refractivity contribution in [3.63, 3.8) is 0 Å². The Balaban J connectivity index is 2.92. The number of benzene rings is 1. The molecule has 5 nitrogen and oxygen atoms in total. The van der Waals surface area contributed by atoms with Crippen LogP contribution in [0.4, 0.5) is 0 Å². The van der Waals surface area contributed by atoms with E-state index in [0.717, 1.165) is 12.1 Å². The van der Waals surface area contributed by atoms with E-state index < -0.39 is 10.0 Å². The van der Waals surface area contributed by atoms with E-state index >= 15 is 0 Å². The van der Waals surface area contributed by atoms with Gasteiger partial charge in [0.05, 0.1) is 16.9 Å². The van der Waals surface area contributed by atoms with Gasteiger partial charge in [-0.3, -0.25) is 0 Å². The first-order chi connectivity index (χ1) is 9.82. The number of hydrogen-bond donors (Lipinski definition) is 1. The summed E-state index contributed by atoms with van der Waals surface area (Å²) >= 11 is 0. The Morgan fingerprint density at radius 2 is 1.86 bits per heavy atom. The van der Waals surface area contributed by atoms with Gasteiger partial charge in [-0.25, -0.2) is 8.42 Å². The number of nitrogens with zero attached hydrogens (tertiary/aromatic N) is 2. The zero-order valence-electron chi connectivity index (χ0n) is 13.0. The summed E-state index contributed by atoms with van der Waals surface area (Å²) in [5, 5.41) is 12.1. The number of rotatable bonds is 7. The second-order valence-corrected chi connectivity index (χ2v) is 7.21. The monoisotopic (exact) mass is 309 g/mol. The number of nitriles is 1. The highest BCUT2D eigenvalue weighted by molar-refractivity contribution is 7.89. The Kier molecular flexibility index (Phi) is 6.34. The van der Waals surface area contributed by atoms with E-state index in [9.17, 15) is 8.42 Å². The molecular formula is C15H23N3O2S. The van der Waals surface area contributed by atoms with Crippen molar-refractivity contribution < 1.29 is 8.42 Å². The van der Waals surface area contributed by atoms with Crippen LogP contribution in [0, 0.1) is 17.2 Å². The summed E-state index contributed by atoms with van der Waals surface area (Å²) in [5.41, 5.74) is 1.05. The molecule has 21 heavy (non-hydrogen) atoms. The Morgan fingerprint density at radius 3 is 2.33 bits per heavy atom. The fourth-order valence-corrected chi connectivity index (χ4v) is 3.32. The molecule has 0 radical (unpaired) electrons. The average Bonchev–Trinajstić information content (AvgIpc) is 2.47. The summed E-state index contributed by atoms with van der Waals surface area (Å²) in [6.07, 6.45) is 0. The molecule has 0 saturated carbocycles. The van der Waals surface area contributed by atoms with Gasteiger partial charge >= 0.3 is 0 Å². The van der Waals surface area contributed by atoms with Crippen molar-refractivity contribution in [3.8, 4) is 6.07 Å². The Labute approximate surface area is 127 Å². The molecule has 0 amide bonds. The van der Waals surface area contributed by atoms with Gasteiger partial charge in [0.1, 0.15) is 0 Å². The quantitative estimate of drug-likeness (QED) is 0.837. The van der Waals surface area contributed by atoms with Gasteiger partial charge in [0.15, 0.2) is 0 Å². The molecule has 116 valence electrons. The SMILES string of the molecule is CCNC(C)c1ccc(S(=O)(=O)N(C)CC(C)C#N)cc1. The Hall–Kier alpha value is -1.42. The molecule has 1 aromatic rings. The molecule has 0 aliphatic heterocycles. The van der Waals surface area contributed by atoms with Crippen molar-refractivity contribution in [3.05, 3.63) is 29.8 Å². The zero-order chi connectivity index (χ0) is 16.0. The fraction of sp³-hybridized carbons (Fsp3) is 0.533. The highest BCUT2D eigenvalue weighted by Gasteiger charge is 2.22. The molecule has 0 aliphatic carbocycles. The maximum absolute atomic E-state index is 12.4. The smallest absolute Gasteiger partial charge is 0.242 e.